The van der Waals surface area contributed by atoms with Gasteiger partial charge in [0.05, 0.1) is 16.3 Å². The number of fused-ring (bicyclic) bond motifs is 1. The zero-order valence-corrected chi connectivity index (χ0v) is 15.0. The molecule has 3 aromatic rings. The summed E-state index contributed by atoms with van der Waals surface area (Å²) in [5.41, 5.74) is 1.88. The molecule has 0 aliphatic rings. The summed E-state index contributed by atoms with van der Waals surface area (Å²) in [5.74, 6) is -0.921. The molecule has 1 unspecified atom stereocenters. The number of rotatable bonds is 6. The third-order valence-corrected chi connectivity index (χ3v) is 4.70. The molecule has 26 heavy (non-hydrogen) atoms. The Bertz CT molecular complexity index is 901. The van der Waals surface area contributed by atoms with Gasteiger partial charge in [0.15, 0.2) is 6.61 Å². The summed E-state index contributed by atoms with van der Waals surface area (Å²) >= 11 is 1.48. The van der Waals surface area contributed by atoms with Crippen molar-refractivity contribution in [2.75, 3.05) is 6.61 Å². The average Bonchev–Trinajstić information content (AvgIpc) is 3.08. The number of ether oxygens (including phenoxy) is 1. The van der Waals surface area contributed by atoms with Crippen molar-refractivity contribution < 1.29 is 14.3 Å². The van der Waals surface area contributed by atoms with Gasteiger partial charge in [-0.1, -0.05) is 42.5 Å². The van der Waals surface area contributed by atoms with Gasteiger partial charge < -0.3 is 10.1 Å². The summed E-state index contributed by atoms with van der Waals surface area (Å²) in [6.07, 6.45) is 2.88. The predicted octanol–water partition coefficient (Wildman–Crippen LogP) is 3.73. The molecule has 1 N–H and O–H groups in total. The number of hydrogen-bond acceptors (Lipinski definition) is 5. The number of benzene rings is 2. The van der Waals surface area contributed by atoms with E-state index in [1.54, 1.807) is 6.08 Å². The van der Waals surface area contributed by atoms with Crippen LogP contribution in [0.15, 0.2) is 60.7 Å². The number of esters is 1. The number of carbonyl (C=O) groups is 2. The lowest BCUT2D eigenvalue weighted by molar-refractivity contribution is -0.144. The lowest BCUT2D eigenvalue weighted by atomic mass is 10.1. The highest BCUT2D eigenvalue weighted by Crippen LogP contribution is 2.22. The van der Waals surface area contributed by atoms with Gasteiger partial charge in [-0.05, 0) is 30.7 Å². The highest BCUT2D eigenvalue weighted by atomic mass is 32.1. The van der Waals surface area contributed by atoms with E-state index < -0.39 is 5.97 Å². The zero-order chi connectivity index (χ0) is 18.4. The largest absolute Gasteiger partial charge is 0.452 e. The van der Waals surface area contributed by atoms with Crippen molar-refractivity contribution in [3.8, 4) is 0 Å². The Labute approximate surface area is 155 Å². The van der Waals surface area contributed by atoms with Crippen LogP contribution in [0.25, 0.3) is 16.3 Å². The van der Waals surface area contributed by atoms with E-state index in [2.05, 4.69) is 10.3 Å². The number of aromatic nitrogens is 1. The van der Waals surface area contributed by atoms with E-state index in [0.717, 1.165) is 15.8 Å². The topological polar surface area (TPSA) is 68.3 Å². The van der Waals surface area contributed by atoms with Crippen molar-refractivity contribution >= 4 is 39.5 Å². The molecule has 0 saturated carbocycles. The van der Waals surface area contributed by atoms with Gasteiger partial charge >= 0.3 is 5.97 Å². The van der Waals surface area contributed by atoms with Crippen molar-refractivity contribution in [3.05, 3.63) is 71.2 Å². The van der Waals surface area contributed by atoms with Gasteiger partial charge in [0.1, 0.15) is 5.01 Å². The second-order valence-electron chi connectivity index (χ2n) is 5.66. The molecule has 0 bridgehead atoms. The Hall–Kier alpha value is -2.99. The third kappa shape index (κ3) is 4.77. The number of amides is 1. The number of nitrogens with zero attached hydrogens (tertiary/aromatic N) is 1. The highest BCUT2D eigenvalue weighted by molar-refractivity contribution is 7.19. The molecule has 0 radical (unpaired) electrons. The Kier molecular flexibility index (Phi) is 5.76. The number of thiazole rings is 1. The second kappa shape index (κ2) is 8.40. The van der Waals surface area contributed by atoms with Gasteiger partial charge in [-0.25, -0.2) is 9.78 Å². The van der Waals surface area contributed by atoms with Crippen LogP contribution in [0.3, 0.4) is 0 Å². The van der Waals surface area contributed by atoms with Gasteiger partial charge in [-0.2, -0.15) is 0 Å². The van der Waals surface area contributed by atoms with Crippen molar-refractivity contribution in [1.82, 2.24) is 10.3 Å². The monoisotopic (exact) mass is 366 g/mol. The maximum absolute atomic E-state index is 11.9. The minimum Gasteiger partial charge on any atom is -0.452 e. The Morgan fingerprint density at radius 1 is 1.15 bits per heavy atom. The van der Waals surface area contributed by atoms with Crippen LogP contribution in [0.4, 0.5) is 0 Å². The molecule has 3 rings (SSSR count). The maximum Gasteiger partial charge on any atom is 0.331 e. The normalized spacial score (nSPS) is 12.2. The molecule has 1 heterocycles. The first-order valence-corrected chi connectivity index (χ1v) is 8.98. The molecule has 1 atom stereocenters. The van der Waals surface area contributed by atoms with Crippen molar-refractivity contribution in [2.45, 2.75) is 13.0 Å². The minimum atomic E-state index is -0.577. The van der Waals surface area contributed by atoms with Gasteiger partial charge in [0, 0.05) is 6.08 Å². The van der Waals surface area contributed by atoms with E-state index in [1.165, 1.54) is 17.4 Å². The van der Waals surface area contributed by atoms with Gasteiger partial charge in [0.2, 0.25) is 0 Å². The van der Waals surface area contributed by atoms with Crippen LogP contribution in [-0.4, -0.2) is 23.5 Å². The molecule has 0 aliphatic heterocycles. The van der Waals surface area contributed by atoms with E-state index in [1.807, 2.05) is 61.5 Å². The van der Waals surface area contributed by atoms with Crippen LogP contribution in [0.5, 0.6) is 0 Å². The van der Waals surface area contributed by atoms with Crippen LogP contribution in [0.2, 0.25) is 0 Å². The fourth-order valence-corrected chi connectivity index (χ4v) is 3.26. The first-order chi connectivity index (χ1) is 12.6. The van der Waals surface area contributed by atoms with Gasteiger partial charge in [-0.3, -0.25) is 4.79 Å². The van der Waals surface area contributed by atoms with Crippen LogP contribution in [0.1, 0.15) is 23.5 Å². The lowest BCUT2D eigenvalue weighted by Gasteiger charge is -2.13. The van der Waals surface area contributed by atoms with Gasteiger partial charge in [-0.15, -0.1) is 11.3 Å². The highest BCUT2D eigenvalue weighted by Gasteiger charge is 2.10. The summed E-state index contributed by atoms with van der Waals surface area (Å²) in [5, 5.41) is 3.51. The molecule has 1 aromatic heterocycles. The predicted molar refractivity (Wildman–Crippen MR) is 103 cm³/mol. The van der Waals surface area contributed by atoms with Crippen LogP contribution >= 0.6 is 11.3 Å². The quantitative estimate of drug-likeness (QED) is 0.533. The standard InChI is InChI=1S/C20H18N2O3S/c1-14(15-7-3-2-4-8-15)21-18(23)13-25-20(24)12-11-19-22-16-9-5-6-10-17(16)26-19/h2-12,14H,13H2,1H3,(H,21,23)/b12-11+. The first kappa shape index (κ1) is 17.8. The average molecular weight is 366 g/mol. The summed E-state index contributed by atoms with van der Waals surface area (Å²) in [6.45, 7) is 1.56. The fourth-order valence-electron chi connectivity index (χ4n) is 2.39. The Balaban J connectivity index is 1.48. The van der Waals surface area contributed by atoms with Crippen molar-refractivity contribution in [3.63, 3.8) is 0 Å². The van der Waals surface area contributed by atoms with Crippen LogP contribution in [0, 0.1) is 0 Å². The first-order valence-electron chi connectivity index (χ1n) is 8.16. The molecule has 0 fully saturated rings. The molecule has 1 amide bonds. The molecule has 132 valence electrons. The number of para-hydroxylation sites is 1. The molecule has 2 aromatic carbocycles. The lowest BCUT2D eigenvalue weighted by Crippen LogP contribution is -2.30. The molecular weight excluding hydrogens is 348 g/mol. The van der Waals surface area contributed by atoms with Crippen molar-refractivity contribution in [2.24, 2.45) is 0 Å². The molecule has 5 nitrogen and oxygen atoms in total. The summed E-state index contributed by atoms with van der Waals surface area (Å²) in [7, 11) is 0. The Morgan fingerprint density at radius 3 is 2.65 bits per heavy atom. The maximum atomic E-state index is 11.9. The third-order valence-electron chi connectivity index (χ3n) is 3.70. The Morgan fingerprint density at radius 2 is 1.88 bits per heavy atom. The zero-order valence-electron chi connectivity index (χ0n) is 14.2. The number of hydrogen-bond donors (Lipinski definition) is 1. The SMILES string of the molecule is CC(NC(=O)COC(=O)/C=C/c1nc2ccccc2s1)c1ccccc1. The van der Waals surface area contributed by atoms with Crippen LogP contribution in [-0.2, 0) is 14.3 Å². The van der Waals surface area contributed by atoms with E-state index in [0.29, 0.717) is 5.01 Å². The molecule has 0 spiro atoms. The molecule has 6 heteroatoms. The van der Waals surface area contributed by atoms with Gasteiger partial charge in [0.25, 0.3) is 5.91 Å². The van der Waals surface area contributed by atoms with Crippen molar-refractivity contribution in [1.29, 1.82) is 0 Å². The molecule has 0 aliphatic carbocycles. The summed E-state index contributed by atoms with van der Waals surface area (Å²) in [6, 6.07) is 17.2. The number of carbonyl (C=O) groups excluding carboxylic acids is 2. The minimum absolute atomic E-state index is 0.152. The summed E-state index contributed by atoms with van der Waals surface area (Å²) in [4.78, 5) is 28.1. The fraction of sp³-hybridized carbons (Fsp3) is 0.150. The second-order valence-corrected chi connectivity index (χ2v) is 6.72. The van der Waals surface area contributed by atoms with E-state index >= 15 is 0 Å². The summed E-state index contributed by atoms with van der Waals surface area (Å²) < 4.78 is 6.03. The van der Waals surface area contributed by atoms with E-state index in [9.17, 15) is 9.59 Å². The van der Waals surface area contributed by atoms with E-state index in [4.69, 9.17) is 4.74 Å². The van der Waals surface area contributed by atoms with Crippen LogP contribution < -0.4 is 5.32 Å². The molecule has 0 saturated heterocycles. The van der Waals surface area contributed by atoms with E-state index in [-0.39, 0.29) is 18.6 Å². The molecular formula is C20H18N2O3S. The smallest absolute Gasteiger partial charge is 0.331 e. The number of nitrogens with one attached hydrogen (secondary N) is 1.